The first-order valence-electron chi connectivity index (χ1n) is 5.02. The zero-order valence-corrected chi connectivity index (χ0v) is 9.46. The number of para-hydroxylation sites is 1. The third kappa shape index (κ3) is 2.85. The van der Waals surface area contributed by atoms with Gasteiger partial charge in [-0.2, -0.15) is 0 Å². The van der Waals surface area contributed by atoms with Gasteiger partial charge < -0.3 is 16.0 Å². The first-order valence-corrected chi connectivity index (χ1v) is 5.02. The molecule has 0 atom stereocenters. The number of amides is 1. The molecule has 0 fully saturated rings. The van der Waals surface area contributed by atoms with E-state index < -0.39 is 5.82 Å². The molecule has 1 rings (SSSR count). The number of halogens is 1. The maximum atomic E-state index is 13.2. The van der Waals surface area contributed by atoms with Crippen LogP contribution in [0.5, 0.6) is 0 Å². The number of nitrogens with zero attached hydrogens (tertiary/aromatic N) is 1. The minimum atomic E-state index is -0.440. The summed E-state index contributed by atoms with van der Waals surface area (Å²) in [6, 6.07) is 4.63. The van der Waals surface area contributed by atoms with Crippen LogP contribution in [0.1, 0.15) is 6.42 Å². The Morgan fingerprint density at radius 1 is 1.56 bits per heavy atom. The standard InChI is InChI=1S/C11H16FN3O/c1-14-10(16)6-7-15(2)9-5-3-4-8(12)11(9)13/h3-5H,6-7,13H2,1-2H3,(H,14,16). The molecule has 16 heavy (non-hydrogen) atoms. The second-order valence-electron chi connectivity index (χ2n) is 3.52. The number of carbonyl (C=O) groups is 1. The van der Waals surface area contributed by atoms with E-state index in [0.29, 0.717) is 18.7 Å². The van der Waals surface area contributed by atoms with Gasteiger partial charge in [0.05, 0.1) is 11.4 Å². The van der Waals surface area contributed by atoms with Crippen LogP contribution in [-0.4, -0.2) is 26.5 Å². The van der Waals surface area contributed by atoms with Gasteiger partial charge in [0.25, 0.3) is 0 Å². The number of nitrogens with two attached hydrogens (primary N) is 1. The van der Waals surface area contributed by atoms with Gasteiger partial charge in [0.2, 0.25) is 5.91 Å². The fourth-order valence-electron chi connectivity index (χ4n) is 1.37. The van der Waals surface area contributed by atoms with E-state index in [2.05, 4.69) is 5.32 Å². The third-order valence-electron chi connectivity index (χ3n) is 2.39. The number of hydrogen-bond acceptors (Lipinski definition) is 3. The second kappa shape index (κ2) is 5.34. The molecule has 0 unspecified atom stereocenters. The summed E-state index contributed by atoms with van der Waals surface area (Å²) in [7, 11) is 3.35. The molecule has 0 aromatic heterocycles. The van der Waals surface area contributed by atoms with Crippen molar-refractivity contribution >= 4 is 17.3 Å². The Kier molecular flexibility index (Phi) is 4.10. The van der Waals surface area contributed by atoms with Crippen LogP contribution in [0.15, 0.2) is 18.2 Å². The number of rotatable bonds is 4. The highest BCUT2D eigenvalue weighted by Gasteiger charge is 2.09. The van der Waals surface area contributed by atoms with Gasteiger partial charge in [-0.3, -0.25) is 4.79 Å². The highest BCUT2D eigenvalue weighted by Crippen LogP contribution is 2.24. The number of hydrogen-bond donors (Lipinski definition) is 2. The van der Waals surface area contributed by atoms with Gasteiger partial charge in [-0.25, -0.2) is 4.39 Å². The van der Waals surface area contributed by atoms with Crippen molar-refractivity contribution in [3.63, 3.8) is 0 Å². The normalized spacial score (nSPS) is 9.94. The number of carbonyl (C=O) groups excluding carboxylic acids is 1. The average molecular weight is 225 g/mol. The van der Waals surface area contributed by atoms with Gasteiger partial charge >= 0.3 is 0 Å². The van der Waals surface area contributed by atoms with E-state index >= 15 is 0 Å². The summed E-state index contributed by atoms with van der Waals surface area (Å²) in [5.41, 5.74) is 6.32. The van der Waals surface area contributed by atoms with Crippen LogP contribution in [0.25, 0.3) is 0 Å². The lowest BCUT2D eigenvalue weighted by Gasteiger charge is -2.20. The van der Waals surface area contributed by atoms with Crippen LogP contribution in [0.3, 0.4) is 0 Å². The predicted molar refractivity (Wildman–Crippen MR) is 62.8 cm³/mol. The van der Waals surface area contributed by atoms with Gasteiger partial charge in [0.1, 0.15) is 5.82 Å². The Bertz CT molecular complexity index is 381. The van der Waals surface area contributed by atoms with Crippen molar-refractivity contribution in [2.45, 2.75) is 6.42 Å². The van der Waals surface area contributed by atoms with E-state index in [1.165, 1.54) is 6.07 Å². The molecule has 0 aliphatic carbocycles. The first-order chi connectivity index (χ1) is 7.56. The van der Waals surface area contributed by atoms with E-state index in [1.54, 1.807) is 31.1 Å². The molecular formula is C11H16FN3O. The van der Waals surface area contributed by atoms with E-state index in [9.17, 15) is 9.18 Å². The zero-order chi connectivity index (χ0) is 12.1. The van der Waals surface area contributed by atoms with Crippen molar-refractivity contribution in [3.05, 3.63) is 24.0 Å². The maximum absolute atomic E-state index is 13.2. The fourth-order valence-corrected chi connectivity index (χ4v) is 1.37. The van der Waals surface area contributed by atoms with Gasteiger partial charge in [-0.15, -0.1) is 0 Å². The predicted octanol–water partition coefficient (Wildman–Crippen LogP) is 0.980. The molecule has 0 saturated carbocycles. The van der Waals surface area contributed by atoms with Crippen molar-refractivity contribution in [1.82, 2.24) is 5.32 Å². The molecule has 1 aromatic carbocycles. The lowest BCUT2D eigenvalue weighted by molar-refractivity contribution is -0.120. The van der Waals surface area contributed by atoms with Crippen LogP contribution >= 0.6 is 0 Å². The SMILES string of the molecule is CNC(=O)CCN(C)c1cccc(F)c1N. The molecule has 0 aliphatic heterocycles. The lowest BCUT2D eigenvalue weighted by atomic mass is 10.2. The number of nitrogens with one attached hydrogen (secondary N) is 1. The Hall–Kier alpha value is -1.78. The van der Waals surface area contributed by atoms with Crippen LogP contribution in [0.4, 0.5) is 15.8 Å². The van der Waals surface area contributed by atoms with Crippen molar-refractivity contribution in [2.75, 3.05) is 31.3 Å². The third-order valence-corrected chi connectivity index (χ3v) is 2.39. The van der Waals surface area contributed by atoms with E-state index in [1.807, 2.05) is 0 Å². The van der Waals surface area contributed by atoms with E-state index in [-0.39, 0.29) is 11.6 Å². The summed E-state index contributed by atoms with van der Waals surface area (Å²) in [5.74, 6) is -0.494. The number of nitrogen functional groups attached to an aromatic ring is 1. The average Bonchev–Trinajstić information content (AvgIpc) is 2.29. The van der Waals surface area contributed by atoms with E-state index in [0.717, 1.165) is 0 Å². The van der Waals surface area contributed by atoms with Crippen molar-refractivity contribution < 1.29 is 9.18 Å². The Morgan fingerprint density at radius 2 is 2.25 bits per heavy atom. The molecular weight excluding hydrogens is 209 g/mol. The fraction of sp³-hybridized carbons (Fsp3) is 0.364. The maximum Gasteiger partial charge on any atom is 0.221 e. The highest BCUT2D eigenvalue weighted by molar-refractivity contribution is 5.76. The summed E-state index contributed by atoms with van der Waals surface area (Å²) in [4.78, 5) is 12.8. The van der Waals surface area contributed by atoms with E-state index in [4.69, 9.17) is 5.73 Å². The minimum absolute atomic E-state index is 0.0539. The first kappa shape index (κ1) is 12.3. The molecule has 1 aromatic rings. The van der Waals surface area contributed by atoms with Gasteiger partial charge in [-0.1, -0.05) is 6.07 Å². The summed E-state index contributed by atoms with van der Waals surface area (Å²) < 4.78 is 13.2. The molecule has 1 amide bonds. The molecule has 0 heterocycles. The molecule has 0 saturated heterocycles. The van der Waals surface area contributed by atoms with Crippen molar-refractivity contribution in [1.29, 1.82) is 0 Å². The molecule has 3 N–H and O–H groups in total. The molecule has 0 bridgehead atoms. The Balaban J connectivity index is 2.69. The molecule has 0 spiro atoms. The monoisotopic (exact) mass is 225 g/mol. The largest absolute Gasteiger partial charge is 0.395 e. The number of anilines is 2. The molecule has 5 heteroatoms. The topological polar surface area (TPSA) is 58.4 Å². The molecule has 0 radical (unpaired) electrons. The smallest absolute Gasteiger partial charge is 0.221 e. The summed E-state index contributed by atoms with van der Waals surface area (Å²) >= 11 is 0. The van der Waals surface area contributed by atoms with Crippen LogP contribution in [0.2, 0.25) is 0 Å². The van der Waals surface area contributed by atoms with Gasteiger partial charge in [0.15, 0.2) is 0 Å². The minimum Gasteiger partial charge on any atom is -0.395 e. The second-order valence-corrected chi connectivity index (χ2v) is 3.52. The van der Waals surface area contributed by atoms with Crippen LogP contribution in [0, 0.1) is 5.82 Å². The number of benzene rings is 1. The lowest BCUT2D eigenvalue weighted by Crippen LogP contribution is -2.26. The summed E-state index contributed by atoms with van der Waals surface area (Å²) in [5, 5.41) is 2.53. The summed E-state index contributed by atoms with van der Waals surface area (Å²) in [6.07, 6.45) is 0.350. The molecule has 0 aliphatic rings. The zero-order valence-electron chi connectivity index (χ0n) is 9.46. The van der Waals surface area contributed by atoms with Crippen molar-refractivity contribution in [2.24, 2.45) is 0 Å². The highest BCUT2D eigenvalue weighted by atomic mass is 19.1. The Morgan fingerprint density at radius 3 is 2.88 bits per heavy atom. The quantitative estimate of drug-likeness (QED) is 0.751. The molecule has 88 valence electrons. The van der Waals surface area contributed by atoms with Crippen molar-refractivity contribution in [3.8, 4) is 0 Å². The molecule has 4 nitrogen and oxygen atoms in total. The summed E-state index contributed by atoms with van der Waals surface area (Å²) in [6.45, 7) is 0.493. The Labute approximate surface area is 94.2 Å². The van der Waals surface area contributed by atoms with Gasteiger partial charge in [0, 0.05) is 27.1 Å². The van der Waals surface area contributed by atoms with Gasteiger partial charge in [-0.05, 0) is 12.1 Å². The van der Waals surface area contributed by atoms with Crippen LogP contribution < -0.4 is 16.0 Å². The van der Waals surface area contributed by atoms with Crippen LogP contribution in [-0.2, 0) is 4.79 Å².